The fourth-order valence-corrected chi connectivity index (χ4v) is 3.00. The van der Waals surface area contributed by atoms with E-state index in [9.17, 15) is 4.79 Å². The van der Waals surface area contributed by atoms with Crippen LogP contribution in [0, 0.1) is 5.92 Å². The van der Waals surface area contributed by atoms with Gasteiger partial charge in [-0.15, -0.1) is 0 Å². The Morgan fingerprint density at radius 1 is 1.32 bits per heavy atom. The van der Waals surface area contributed by atoms with Crippen LogP contribution in [0.4, 0.5) is 0 Å². The standard InChI is InChI=1S/C16H17N3O3/c20-15(22-16(6-7-16)13-5-8-21-9-13)12-1-3-14(4-2-12)19-11-17-10-18-19/h1-4,10-11,13H,5-9H2/t13-/m1/s1. The van der Waals surface area contributed by atoms with Gasteiger partial charge in [0.1, 0.15) is 18.3 Å². The third kappa shape index (κ3) is 2.39. The van der Waals surface area contributed by atoms with Crippen LogP contribution in [0.25, 0.3) is 5.69 Å². The summed E-state index contributed by atoms with van der Waals surface area (Å²) in [6.07, 6.45) is 5.97. The van der Waals surface area contributed by atoms with E-state index in [1.807, 2.05) is 12.1 Å². The summed E-state index contributed by atoms with van der Waals surface area (Å²) in [5.41, 5.74) is 1.14. The summed E-state index contributed by atoms with van der Waals surface area (Å²) in [6, 6.07) is 7.20. The molecule has 0 N–H and O–H groups in total. The van der Waals surface area contributed by atoms with Gasteiger partial charge < -0.3 is 9.47 Å². The van der Waals surface area contributed by atoms with Gasteiger partial charge in [-0.1, -0.05) is 0 Å². The van der Waals surface area contributed by atoms with Crippen molar-refractivity contribution in [3.63, 3.8) is 0 Å². The largest absolute Gasteiger partial charge is 0.455 e. The minimum absolute atomic E-state index is 0.255. The van der Waals surface area contributed by atoms with Crippen LogP contribution in [-0.4, -0.2) is 39.5 Å². The summed E-state index contributed by atoms with van der Waals surface area (Å²) in [7, 11) is 0. The Morgan fingerprint density at radius 2 is 2.14 bits per heavy atom. The van der Waals surface area contributed by atoms with Crippen LogP contribution in [0.2, 0.25) is 0 Å². The first-order chi connectivity index (χ1) is 10.8. The highest BCUT2D eigenvalue weighted by molar-refractivity contribution is 5.90. The molecule has 0 bridgehead atoms. The second-order valence-corrected chi connectivity index (χ2v) is 5.90. The van der Waals surface area contributed by atoms with Crippen molar-refractivity contribution in [3.05, 3.63) is 42.5 Å². The number of rotatable bonds is 4. The molecule has 6 nitrogen and oxygen atoms in total. The van der Waals surface area contributed by atoms with E-state index < -0.39 is 0 Å². The van der Waals surface area contributed by atoms with E-state index in [0.29, 0.717) is 18.1 Å². The third-order valence-corrected chi connectivity index (χ3v) is 4.50. The summed E-state index contributed by atoms with van der Waals surface area (Å²) in [6.45, 7) is 1.48. The van der Waals surface area contributed by atoms with E-state index >= 15 is 0 Å². The molecule has 2 aliphatic rings. The van der Waals surface area contributed by atoms with Crippen molar-refractivity contribution in [3.8, 4) is 5.69 Å². The molecule has 0 amide bonds. The van der Waals surface area contributed by atoms with E-state index in [1.165, 1.54) is 6.33 Å². The molecule has 2 fully saturated rings. The number of aromatic nitrogens is 3. The summed E-state index contributed by atoms with van der Waals surface area (Å²) in [5, 5.41) is 4.06. The second-order valence-electron chi connectivity index (χ2n) is 5.90. The molecule has 1 aromatic carbocycles. The van der Waals surface area contributed by atoms with Gasteiger partial charge in [0.15, 0.2) is 0 Å². The summed E-state index contributed by atoms with van der Waals surface area (Å²) < 4.78 is 12.9. The van der Waals surface area contributed by atoms with Crippen molar-refractivity contribution in [2.75, 3.05) is 13.2 Å². The van der Waals surface area contributed by atoms with E-state index in [4.69, 9.17) is 9.47 Å². The lowest BCUT2D eigenvalue weighted by Crippen LogP contribution is -2.29. The number of carbonyl (C=O) groups is 1. The van der Waals surface area contributed by atoms with E-state index in [2.05, 4.69) is 10.1 Å². The molecule has 22 heavy (non-hydrogen) atoms. The molecule has 2 heterocycles. The molecule has 4 rings (SSSR count). The number of ether oxygens (including phenoxy) is 2. The lowest BCUT2D eigenvalue weighted by atomic mass is 9.99. The van der Waals surface area contributed by atoms with Gasteiger partial charge in [0.05, 0.1) is 17.9 Å². The van der Waals surface area contributed by atoms with Gasteiger partial charge in [0, 0.05) is 12.5 Å². The number of benzene rings is 1. The molecule has 114 valence electrons. The molecule has 2 aromatic rings. The average molecular weight is 299 g/mol. The Kier molecular flexibility index (Phi) is 3.18. The highest BCUT2D eigenvalue weighted by Gasteiger charge is 2.54. The van der Waals surface area contributed by atoms with Crippen molar-refractivity contribution >= 4 is 5.97 Å². The second kappa shape index (κ2) is 5.21. The van der Waals surface area contributed by atoms with Crippen molar-refractivity contribution in [2.24, 2.45) is 5.92 Å². The zero-order chi connectivity index (χ0) is 15.0. The number of esters is 1. The topological polar surface area (TPSA) is 66.2 Å². The Hall–Kier alpha value is -2.21. The minimum atomic E-state index is -0.280. The maximum atomic E-state index is 12.4. The number of carbonyl (C=O) groups excluding carboxylic acids is 1. The lowest BCUT2D eigenvalue weighted by Gasteiger charge is -2.22. The zero-order valence-corrected chi connectivity index (χ0v) is 12.1. The SMILES string of the molecule is O=C(OC1([C@@H]2CCOC2)CC1)c1ccc(-n2cncn2)cc1. The first-order valence-corrected chi connectivity index (χ1v) is 7.53. The van der Waals surface area contributed by atoms with Crippen molar-refractivity contribution in [2.45, 2.75) is 24.9 Å². The fraction of sp³-hybridized carbons (Fsp3) is 0.438. The predicted octanol–water partition coefficient (Wildman–Crippen LogP) is 1.99. The maximum Gasteiger partial charge on any atom is 0.338 e. The molecule has 1 atom stereocenters. The molecule has 6 heteroatoms. The third-order valence-electron chi connectivity index (χ3n) is 4.50. The van der Waals surface area contributed by atoms with Gasteiger partial charge >= 0.3 is 5.97 Å². The molecule has 1 aliphatic carbocycles. The Balaban J connectivity index is 1.46. The molecule has 0 unspecified atom stereocenters. The van der Waals surface area contributed by atoms with Gasteiger partial charge in [0.25, 0.3) is 0 Å². The quantitative estimate of drug-likeness (QED) is 0.808. The average Bonchev–Trinajstić information content (AvgIpc) is 3.03. The minimum Gasteiger partial charge on any atom is -0.455 e. The van der Waals surface area contributed by atoms with Gasteiger partial charge in [-0.3, -0.25) is 0 Å². The van der Waals surface area contributed by atoms with E-state index in [-0.39, 0.29) is 11.6 Å². The Labute approximate surface area is 128 Å². The van der Waals surface area contributed by atoms with Crippen LogP contribution in [0.3, 0.4) is 0 Å². The molecule has 0 spiro atoms. The fourth-order valence-electron chi connectivity index (χ4n) is 3.00. The van der Waals surface area contributed by atoms with Gasteiger partial charge in [-0.05, 0) is 43.5 Å². The van der Waals surface area contributed by atoms with Gasteiger partial charge in [-0.25, -0.2) is 14.5 Å². The van der Waals surface area contributed by atoms with Gasteiger partial charge in [-0.2, -0.15) is 5.10 Å². The molecule has 1 aliphatic heterocycles. The van der Waals surface area contributed by atoms with Crippen LogP contribution in [0.1, 0.15) is 29.6 Å². The monoisotopic (exact) mass is 299 g/mol. The Morgan fingerprint density at radius 3 is 2.73 bits per heavy atom. The number of hydrogen-bond donors (Lipinski definition) is 0. The molecular formula is C16H17N3O3. The van der Waals surface area contributed by atoms with Crippen LogP contribution in [-0.2, 0) is 9.47 Å². The Bertz CT molecular complexity index is 656. The van der Waals surface area contributed by atoms with E-state index in [1.54, 1.807) is 23.1 Å². The molecule has 1 aromatic heterocycles. The predicted molar refractivity (Wildman–Crippen MR) is 77.7 cm³/mol. The lowest BCUT2D eigenvalue weighted by molar-refractivity contribution is 0.000838. The smallest absolute Gasteiger partial charge is 0.338 e. The van der Waals surface area contributed by atoms with E-state index in [0.717, 1.165) is 31.6 Å². The first kappa shape index (κ1) is 13.5. The van der Waals surface area contributed by atoms with Crippen LogP contribution >= 0.6 is 0 Å². The number of nitrogens with zero attached hydrogens (tertiary/aromatic N) is 3. The molecule has 1 saturated carbocycles. The summed E-state index contributed by atoms with van der Waals surface area (Å²) in [5.74, 6) is 0.0976. The summed E-state index contributed by atoms with van der Waals surface area (Å²) >= 11 is 0. The zero-order valence-electron chi connectivity index (χ0n) is 12.1. The normalized spacial score (nSPS) is 22.5. The maximum absolute atomic E-state index is 12.4. The summed E-state index contributed by atoms with van der Waals surface area (Å²) in [4.78, 5) is 16.3. The van der Waals surface area contributed by atoms with Crippen LogP contribution in [0.15, 0.2) is 36.9 Å². The van der Waals surface area contributed by atoms with Crippen molar-refractivity contribution < 1.29 is 14.3 Å². The highest BCUT2D eigenvalue weighted by Crippen LogP contribution is 2.49. The molecule has 1 saturated heterocycles. The first-order valence-electron chi connectivity index (χ1n) is 7.53. The molecular weight excluding hydrogens is 282 g/mol. The number of hydrogen-bond acceptors (Lipinski definition) is 5. The molecule has 0 radical (unpaired) electrons. The van der Waals surface area contributed by atoms with Crippen LogP contribution < -0.4 is 0 Å². The highest BCUT2D eigenvalue weighted by atomic mass is 16.6. The van der Waals surface area contributed by atoms with Gasteiger partial charge in [0.2, 0.25) is 0 Å². The van der Waals surface area contributed by atoms with Crippen molar-refractivity contribution in [1.29, 1.82) is 0 Å². The van der Waals surface area contributed by atoms with Crippen LogP contribution in [0.5, 0.6) is 0 Å². The van der Waals surface area contributed by atoms with Crippen molar-refractivity contribution in [1.82, 2.24) is 14.8 Å².